The van der Waals surface area contributed by atoms with Crippen molar-refractivity contribution in [3.8, 4) is 0 Å². The predicted molar refractivity (Wildman–Crippen MR) is 62.4 cm³/mol. The minimum absolute atomic E-state index is 0.292. The van der Waals surface area contributed by atoms with Crippen LogP contribution in [0.3, 0.4) is 0 Å². The van der Waals surface area contributed by atoms with Crippen LogP contribution in [0.1, 0.15) is 5.56 Å². The number of nitrogens with zero attached hydrogens (tertiary/aromatic N) is 3. The van der Waals surface area contributed by atoms with E-state index in [4.69, 9.17) is 0 Å². The number of hydrogen-bond donors (Lipinski definition) is 0. The van der Waals surface area contributed by atoms with Gasteiger partial charge in [0.05, 0.1) is 27.5 Å². The van der Waals surface area contributed by atoms with E-state index < -0.39 is 27.0 Å². The van der Waals surface area contributed by atoms with Gasteiger partial charge in [0.1, 0.15) is 5.82 Å². The highest BCUT2D eigenvalue weighted by Crippen LogP contribution is 2.28. The van der Waals surface area contributed by atoms with E-state index in [2.05, 4.69) is 0 Å². The average Bonchev–Trinajstić information content (AvgIpc) is 2.25. The van der Waals surface area contributed by atoms with Crippen molar-refractivity contribution in [2.45, 2.75) is 0 Å². The molecule has 18 heavy (non-hydrogen) atoms. The highest BCUT2D eigenvalue weighted by molar-refractivity contribution is 5.64. The molecule has 0 aliphatic rings. The second kappa shape index (κ2) is 5.21. The number of nitro groups is 2. The molecule has 8 heteroatoms. The lowest BCUT2D eigenvalue weighted by molar-refractivity contribution is -0.394. The molecule has 0 spiro atoms. The molecule has 96 valence electrons. The summed E-state index contributed by atoms with van der Waals surface area (Å²) in [5.41, 5.74) is -1.58. The van der Waals surface area contributed by atoms with Crippen molar-refractivity contribution >= 4 is 17.5 Å². The second-order valence-electron chi connectivity index (χ2n) is 3.65. The average molecular weight is 255 g/mol. The van der Waals surface area contributed by atoms with Crippen LogP contribution in [0.25, 0.3) is 6.08 Å². The number of rotatable bonds is 4. The summed E-state index contributed by atoms with van der Waals surface area (Å²) in [5.74, 6) is -1.01. The Balaban J connectivity index is 3.41. The van der Waals surface area contributed by atoms with Gasteiger partial charge in [0.2, 0.25) is 0 Å². The van der Waals surface area contributed by atoms with E-state index in [1.807, 2.05) is 0 Å². The molecule has 0 saturated carbocycles. The Morgan fingerprint density at radius 3 is 2.28 bits per heavy atom. The van der Waals surface area contributed by atoms with Crippen LogP contribution in [0.4, 0.5) is 15.8 Å². The van der Waals surface area contributed by atoms with Gasteiger partial charge in [0.25, 0.3) is 11.4 Å². The topological polar surface area (TPSA) is 89.5 Å². The third kappa shape index (κ3) is 3.00. The minimum atomic E-state index is -1.01. The molecule has 0 aromatic heterocycles. The first-order chi connectivity index (χ1) is 8.32. The van der Waals surface area contributed by atoms with Gasteiger partial charge in [-0.2, -0.15) is 0 Å². The maximum Gasteiger partial charge on any atom is 0.286 e. The summed E-state index contributed by atoms with van der Waals surface area (Å²) in [7, 11) is 3.32. The molecular formula is C10H10FN3O4. The van der Waals surface area contributed by atoms with Gasteiger partial charge in [0, 0.05) is 14.1 Å². The first kappa shape index (κ1) is 13.6. The minimum Gasteiger partial charge on any atom is -0.383 e. The molecule has 7 nitrogen and oxygen atoms in total. The Morgan fingerprint density at radius 2 is 1.83 bits per heavy atom. The van der Waals surface area contributed by atoms with Crippen LogP contribution >= 0.6 is 0 Å². The Labute approximate surface area is 101 Å². The Morgan fingerprint density at radius 1 is 1.22 bits per heavy atom. The molecule has 0 heterocycles. The van der Waals surface area contributed by atoms with Crippen molar-refractivity contribution in [1.29, 1.82) is 0 Å². The van der Waals surface area contributed by atoms with Crippen molar-refractivity contribution in [1.82, 2.24) is 4.90 Å². The fourth-order valence-corrected chi connectivity index (χ4v) is 1.23. The van der Waals surface area contributed by atoms with E-state index in [1.165, 1.54) is 12.3 Å². The number of hydrogen-bond acceptors (Lipinski definition) is 5. The first-order valence-electron chi connectivity index (χ1n) is 4.80. The number of halogens is 1. The molecular weight excluding hydrogens is 245 g/mol. The second-order valence-corrected chi connectivity index (χ2v) is 3.65. The summed E-state index contributed by atoms with van der Waals surface area (Å²) in [4.78, 5) is 21.1. The fourth-order valence-electron chi connectivity index (χ4n) is 1.23. The third-order valence-corrected chi connectivity index (χ3v) is 2.04. The predicted octanol–water partition coefficient (Wildman–Crippen LogP) is 2.17. The van der Waals surface area contributed by atoms with Gasteiger partial charge in [0.15, 0.2) is 0 Å². The molecule has 0 radical (unpaired) electrons. The van der Waals surface area contributed by atoms with E-state index in [0.717, 1.165) is 6.07 Å². The summed E-state index contributed by atoms with van der Waals surface area (Å²) >= 11 is 0. The standard InChI is InChI=1S/C10H10FN3O4/c1-12(2)4-3-8-9(11)5-7(13(15)16)6-10(8)14(17)18/h3-6H,1-2H3/b4-3+. The van der Waals surface area contributed by atoms with Crippen LogP contribution in [0.2, 0.25) is 0 Å². The molecule has 0 N–H and O–H groups in total. The molecule has 0 amide bonds. The zero-order chi connectivity index (χ0) is 13.9. The van der Waals surface area contributed by atoms with Crippen LogP contribution in [0, 0.1) is 26.0 Å². The van der Waals surface area contributed by atoms with E-state index in [9.17, 15) is 24.6 Å². The smallest absolute Gasteiger partial charge is 0.286 e. The molecule has 0 fully saturated rings. The van der Waals surface area contributed by atoms with Crippen LogP contribution < -0.4 is 0 Å². The van der Waals surface area contributed by atoms with Crippen molar-refractivity contribution < 1.29 is 14.2 Å². The largest absolute Gasteiger partial charge is 0.383 e. The third-order valence-electron chi connectivity index (χ3n) is 2.04. The zero-order valence-electron chi connectivity index (χ0n) is 9.66. The van der Waals surface area contributed by atoms with Crippen molar-refractivity contribution in [2.24, 2.45) is 0 Å². The van der Waals surface area contributed by atoms with Crippen LogP contribution in [-0.4, -0.2) is 28.8 Å². The van der Waals surface area contributed by atoms with Gasteiger partial charge in [-0.1, -0.05) is 0 Å². The van der Waals surface area contributed by atoms with Gasteiger partial charge >= 0.3 is 0 Å². The summed E-state index contributed by atoms with van der Waals surface area (Å²) in [6.07, 6.45) is 2.61. The maximum atomic E-state index is 13.6. The van der Waals surface area contributed by atoms with E-state index in [0.29, 0.717) is 6.07 Å². The molecule has 0 saturated heterocycles. The zero-order valence-corrected chi connectivity index (χ0v) is 9.66. The highest BCUT2D eigenvalue weighted by Gasteiger charge is 2.22. The normalized spacial score (nSPS) is 10.6. The summed E-state index contributed by atoms with van der Waals surface area (Å²) < 4.78 is 13.6. The van der Waals surface area contributed by atoms with Gasteiger partial charge in [-0.25, -0.2) is 4.39 Å². The van der Waals surface area contributed by atoms with Crippen LogP contribution in [0.15, 0.2) is 18.3 Å². The van der Waals surface area contributed by atoms with Gasteiger partial charge < -0.3 is 4.90 Å². The maximum absolute atomic E-state index is 13.6. The van der Waals surface area contributed by atoms with Gasteiger partial charge in [-0.15, -0.1) is 0 Å². The molecule has 0 atom stereocenters. The molecule has 0 unspecified atom stereocenters. The first-order valence-corrected chi connectivity index (χ1v) is 4.80. The van der Waals surface area contributed by atoms with Crippen molar-refractivity contribution in [2.75, 3.05) is 14.1 Å². The van der Waals surface area contributed by atoms with E-state index in [-0.39, 0.29) is 5.56 Å². The van der Waals surface area contributed by atoms with E-state index in [1.54, 1.807) is 19.0 Å². The summed E-state index contributed by atoms with van der Waals surface area (Å²) in [5, 5.41) is 21.3. The lowest BCUT2D eigenvalue weighted by Crippen LogP contribution is -2.02. The molecule has 0 aliphatic carbocycles. The van der Waals surface area contributed by atoms with Crippen molar-refractivity contribution in [3.05, 3.63) is 49.9 Å². The Hall–Kier alpha value is -2.51. The van der Waals surface area contributed by atoms with Crippen molar-refractivity contribution in [3.63, 3.8) is 0 Å². The molecule has 1 aromatic rings. The number of non-ortho nitro benzene ring substituents is 1. The fraction of sp³-hybridized carbons (Fsp3) is 0.200. The molecule has 1 aromatic carbocycles. The summed E-state index contributed by atoms with van der Waals surface area (Å²) in [6.45, 7) is 0. The highest BCUT2D eigenvalue weighted by atomic mass is 19.1. The van der Waals surface area contributed by atoms with Gasteiger partial charge in [-0.3, -0.25) is 20.2 Å². The Bertz CT molecular complexity index is 528. The van der Waals surface area contributed by atoms with Gasteiger partial charge in [-0.05, 0) is 12.3 Å². The summed E-state index contributed by atoms with van der Waals surface area (Å²) in [6, 6.07) is 1.39. The quantitative estimate of drug-likeness (QED) is 0.607. The monoisotopic (exact) mass is 255 g/mol. The van der Waals surface area contributed by atoms with Crippen LogP contribution in [0.5, 0.6) is 0 Å². The van der Waals surface area contributed by atoms with Crippen LogP contribution in [-0.2, 0) is 0 Å². The van der Waals surface area contributed by atoms with E-state index >= 15 is 0 Å². The number of nitro benzene ring substituents is 2. The lowest BCUT2D eigenvalue weighted by atomic mass is 10.1. The molecule has 1 rings (SSSR count). The SMILES string of the molecule is CN(C)/C=C/c1c(F)cc([N+](=O)[O-])cc1[N+](=O)[O-]. The Kier molecular flexibility index (Phi) is 3.93. The molecule has 0 bridgehead atoms. The molecule has 0 aliphatic heterocycles. The number of benzene rings is 1. The lowest BCUT2D eigenvalue weighted by Gasteiger charge is -2.04.